The third kappa shape index (κ3) is 7.16. The van der Waals surface area contributed by atoms with E-state index in [4.69, 9.17) is 0 Å². The van der Waals surface area contributed by atoms with Gasteiger partial charge in [0.05, 0.1) is 10.6 Å². The molecule has 0 aromatic heterocycles. The zero-order valence-corrected chi connectivity index (χ0v) is 22.3. The molecule has 3 aromatic rings. The number of hydrogen-bond donors (Lipinski definition) is 1. The van der Waals surface area contributed by atoms with Crippen LogP contribution in [-0.4, -0.2) is 44.3 Å². The van der Waals surface area contributed by atoms with Gasteiger partial charge in [-0.05, 0) is 74.4 Å². The number of hydrogen-bond acceptors (Lipinski definition) is 4. The van der Waals surface area contributed by atoms with Crippen LogP contribution in [-0.2, 0) is 26.2 Å². The Balaban J connectivity index is 2.00. The van der Waals surface area contributed by atoms with Crippen molar-refractivity contribution in [2.45, 2.75) is 44.7 Å². The Morgan fingerprint density at radius 1 is 0.895 bits per heavy atom. The molecule has 7 nitrogen and oxygen atoms in total. The Labute approximate surface area is 222 Å². The maximum Gasteiger partial charge on any atom is 0.264 e. The predicted molar refractivity (Wildman–Crippen MR) is 142 cm³/mol. The lowest BCUT2D eigenvalue weighted by Gasteiger charge is -2.32. The van der Waals surface area contributed by atoms with Gasteiger partial charge in [-0.15, -0.1) is 0 Å². The van der Waals surface area contributed by atoms with Gasteiger partial charge >= 0.3 is 0 Å². The Kier molecular flexibility index (Phi) is 9.57. The molecule has 10 heteroatoms. The van der Waals surface area contributed by atoms with Crippen molar-refractivity contribution in [2.75, 3.05) is 17.4 Å². The molecule has 0 aliphatic heterocycles. The number of carbonyl (C=O) groups excluding carboxylic acids is 2. The molecular weight excluding hydrogens is 512 g/mol. The highest BCUT2D eigenvalue weighted by Crippen LogP contribution is 2.25. The highest BCUT2D eigenvalue weighted by molar-refractivity contribution is 7.92. The summed E-state index contributed by atoms with van der Waals surface area (Å²) >= 11 is 0. The van der Waals surface area contributed by atoms with Gasteiger partial charge in [0, 0.05) is 13.1 Å². The number of nitrogens with one attached hydrogen (secondary N) is 1. The zero-order valence-electron chi connectivity index (χ0n) is 21.5. The molecule has 3 aromatic carbocycles. The number of carbonyl (C=O) groups is 2. The fraction of sp³-hybridized carbons (Fsp3) is 0.286. The van der Waals surface area contributed by atoms with Crippen molar-refractivity contribution in [1.29, 1.82) is 0 Å². The van der Waals surface area contributed by atoms with Crippen molar-refractivity contribution in [3.63, 3.8) is 0 Å². The number of anilines is 1. The van der Waals surface area contributed by atoms with Crippen LogP contribution in [0.5, 0.6) is 0 Å². The number of aryl methyl sites for hydroxylation is 1. The van der Waals surface area contributed by atoms with Crippen molar-refractivity contribution in [3.05, 3.63) is 95.6 Å². The Hall–Kier alpha value is -3.79. The van der Waals surface area contributed by atoms with E-state index in [9.17, 15) is 26.8 Å². The quantitative estimate of drug-likeness (QED) is 0.388. The SMILES string of the molecule is CCCNC(=O)[C@H](C)N(Cc1ccc(F)cc1)C(=O)CN(c1ccc(F)cc1)S(=O)(=O)c1ccc(C)cc1. The van der Waals surface area contributed by atoms with Crippen molar-refractivity contribution in [1.82, 2.24) is 10.2 Å². The van der Waals surface area contributed by atoms with Gasteiger partial charge in [-0.3, -0.25) is 13.9 Å². The van der Waals surface area contributed by atoms with E-state index in [-0.39, 0.29) is 17.1 Å². The summed E-state index contributed by atoms with van der Waals surface area (Å²) in [7, 11) is -4.24. The van der Waals surface area contributed by atoms with Crippen LogP contribution in [0.25, 0.3) is 0 Å². The largest absolute Gasteiger partial charge is 0.354 e. The van der Waals surface area contributed by atoms with Crippen LogP contribution in [0.4, 0.5) is 14.5 Å². The van der Waals surface area contributed by atoms with Gasteiger partial charge in [0.1, 0.15) is 24.2 Å². The smallest absolute Gasteiger partial charge is 0.264 e. The average Bonchev–Trinajstić information content (AvgIpc) is 2.90. The predicted octanol–water partition coefficient (Wildman–Crippen LogP) is 4.41. The molecule has 1 N–H and O–H groups in total. The lowest BCUT2D eigenvalue weighted by atomic mass is 10.1. The molecular formula is C28H31F2N3O4S. The van der Waals surface area contributed by atoms with Gasteiger partial charge in [-0.25, -0.2) is 17.2 Å². The summed E-state index contributed by atoms with van der Waals surface area (Å²) in [5.74, 6) is -2.08. The first-order valence-corrected chi connectivity index (χ1v) is 13.6. The summed E-state index contributed by atoms with van der Waals surface area (Å²) in [5, 5.41) is 2.75. The Morgan fingerprint density at radius 3 is 2.00 bits per heavy atom. The molecule has 202 valence electrons. The molecule has 0 fully saturated rings. The molecule has 1 atom stereocenters. The van der Waals surface area contributed by atoms with Gasteiger partial charge in [-0.2, -0.15) is 0 Å². The van der Waals surface area contributed by atoms with Crippen LogP contribution < -0.4 is 9.62 Å². The van der Waals surface area contributed by atoms with E-state index in [2.05, 4.69) is 5.32 Å². The maximum atomic E-state index is 13.7. The standard InChI is InChI=1S/C28H31F2N3O4S/c1-4-17-31-28(35)21(3)32(18-22-7-9-23(29)10-8-22)27(34)19-33(25-13-11-24(30)12-14-25)38(36,37)26-15-5-20(2)6-16-26/h5-16,21H,4,17-19H2,1-3H3,(H,31,35)/t21-/m0/s1. The van der Waals surface area contributed by atoms with Crippen molar-refractivity contribution in [3.8, 4) is 0 Å². The molecule has 0 unspecified atom stereocenters. The number of halogens is 2. The van der Waals surface area contributed by atoms with E-state index in [1.165, 1.54) is 53.4 Å². The molecule has 0 radical (unpaired) electrons. The van der Waals surface area contributed by atoms with Gasteiger partial charge in [-0.1, -0.05) is 36.8 Å². The van der Waals surface area contributed by atoms with Crippen molar-refractivity contribution < 1.29 is 26.8 Å². The summed E-state index contributed by atoms with van der Waals surface area (Å²) in [5.41, 5.74) is 1.50. The van der Waals surface area contributed by atoms with E-state index in [0.717, 1.165) is 22.0 Å². The van der Waals surface area contributed by atoms with Crippen LogP contribution in [0.3, 0.4) is 0 Å². The highest BCUT2D eigenvalue weighted by atomic mass is 32.2. The minimum absolute atomic E-state index is 0.0425. The van der Waals surface area contributed by atoms with Crippen LogP contribution in [0, 0.1) is 18.6 Å². The monoisotopic (exact) mass is 543 g/mol. The fourth-order valence-electron chi connectivity index (χ4n) is 3.74. The third-order valence-electron chi connectivity index (χ3n) is 5.99. The maximum absolute atomic E-state index is 13.7. The van der Waals surface area contributed by atoms with E-state index in [1.54, 1.807) is 19.1 Å². The Morgan fingerprint density at radius 2 is 1.45 bits per heavy atom. The number of benzene rings is 3. The lowest BCUT2D eigenvalue weighted by Crippen LogP contribution is -2.51. The van der Waals surface area contributed by atoms with Gasteiger partial charge in [0.15, 0.2) is 0 Å². The molecule has 0 heterocycles. The first-order valence-electron chi connectivity index (χ1n) is 12.2. The highest BCUT2D eigenvalue weighted by Gasteiger charge is 2.32. The second-order valence-corrected chi connectivity index (χ2v) is 10.8. The lowest BCUT2D eigenvalue weighted by molar-refractivity contribution is -0.139. The molecule has 3 rings (SSSR count). The first kappa shape index (κ1) is 28.8. The van der Waals surface area contributed by atoms with Crippen LogP contribution >= 0.6 is 0 Å². The summed E-state index contributed by atoms with van der Waals surface area (Å²) < 4.78 is 55.4. The molecule has 0 aliphatic rings. The summed E-state index contributed by atoms with van der Waals surface area (Å²) in [4.78, 5) is 27.7. The second-order valence-electron chi connectivity index (χ2n) is 8.92. The molecule has 0 saturated heterocycles. The number of rotatable bonds is 11. The summed E-state index contributed by atoms with van der Waals surface area (Å²) in [6, 6.07) is 15.4. The van der Waals surface area contributed by atoms with Crippen LogP contribution in [0.1, 0.15) is 31.4 Å². The van der Waals surface area contributed by atoms with Crippen LogP contribution in [0.15, 0.2) is 77.7 Å². The topological polar surface area (TPSA) is 86.8 Å². The summed E-state index contributed by atoms with van der Waals surface area (Å²) in [6.07, 6.45) is 0.692. The molecule has 0 saturated carbocycles. The summed E-state index contributed by atoms with van der Waals surface area (Å²) in [6.45, 7) is 4.96. The van der Waals surface area contributed by atoms with Crippen molar-refractivity contribution >= 4 is 27.5 Å². The zero-order chi connectivity index (χ0) is 27.9. The average molecular weight is 544 g/mol. The van der Waals surface area contributed by atoms with E-state index in [0.29, 0.717) is 18.5 Å². The van der Waals surface area contributed by atoms with E-state index in [1.807, 2.05) is 13.8 Å². The van der Waals surface area contributed by atoms with E-state index < -0.39 is 46.1 Å². The second kappa shape index (κ2) is 12.6. The fourth-order valence-corrected chi connectivity index (χ4v) is 5.15. The van der Waals surface area contributed by atoms with Crippen molar-refractivity contribution in [2.24, 2.45) is 0 Å². The van der Waals surface area contributed by atoms with Gasteiger partial charge < -0.3 is 10.2 Å². The van der Waals surface area contributed by atoms with Gasteiger partial charge in [0.2, 0.25) is 11.8 Å². The minimum Gasteiger partial charge on any atom is -0.354 e. The molecule has 2 amide bonds. The molecule has 0 spiro atoms. The normalized spacial score (nSPS) is 12.0. The first-order chi connectivity index (χ1) is 18.0. The molecule has 0 aliphatic carbocycles. The number of amides is 2. The molecule has 0 bridgehead atoms. The third-order valence-corrected chi connectivity index (χ3v) is 7.77. The van der Waals surface area contributed by atoms with E-state index >= 15 is 0 Å². The number of sulfonamides is 1. The Bertz CT molecular complexity index is 1350. The number of nitrogens with zero attached hydrogens (tertiary/aromatic N) is 2. The minimum atomic E-state index is -4.24. The van der Waals surface area contributed by atoms with Gasteiger partial charge in [0.25, 0.3) is 10.0 Å². The molecule has 38 heavy (non-hydrogen) atoms. The van der Waals surface area contributed by atoms with Crippen LogP contribution in [0.2, 0.25) is 0 Å².